The maximum absolute atomic E-state index is 13.2. The van der Waals surface area contributed by atoms with E-state index in [9.17, 15) is 4.39 Å². The van der Waals surface area contributed by atoms with Crippen molar-refractivity contribution in [3.63, 3.8) is 0 Å². The number of rotatable bonds is 5. The molecule has 0 fully saturated rings. The van der Waals surface area contributed by atoms with Crippen molar-refractivity contribution < 1.29 is 8.81 Å². The highest BCUT2D eigenvalue weighted by atomic mass is 32.1. The van der Waals surface area contributed by atoms with E-state index in [1.165, 1.54) is 17.4 Å². The second-order valence-corrected chi connectivity index (χ2v) is 6.12. The summed E-state index contributed by atoms with van der Waals surface area (Å²) in [5.41, 5.74) is 0. The van der Waals surface area contributed by atoms with E-state index in [2.05, 4.69) is 17.2 Å². The molecule has 0 radical (unpaired) electrons. The van der Waals surface area contributed by atoms with Gasteiger partial charge in [0, 0.05) is 4.70 Å². The predicted octanol–water partition coefficient (Wildman–Crippen LogP) is 4.76. The van der Waals surface area contributed by atoms with Gasteiger partial charge in [-0.05, 0) is 43.5 Å². The minimum atomic E-state index is -0.216. The third kappa shape index (κ3) is 2.99. The highest BCUT2D eigenvalue weighted by Crippen LogP contribution is 2.34. The third-order valence-electron chi connectivity index (χ3n) is 3.32. The Morgan fingerprint density at radius 1 is 1.38 bits per heavy atom. The molecule has 2 heterocycles. The molecule has 0 saturated carbocycles. The molecule has 0 spiro atoms. The molecule has 5 heteroatoms. The smallest absolute Gasteiger partial charge is 0.211 e. The van der Waals surface area contributed by atoms with Crippen LogP contribution < -0.4 is 5.32 Å². The second-order valence-electron chi connectivity index (χ2n) is 5.03. The summed E-state index contributed by atoms with van der Waals surface area (Å²) in [5.74, 6) is 1.20. The molecule has 21 heavy (non-hydrogen) atoms. The first-order chi connectivity index (χ1) is 10.2. The summed E-state index contributed by atoms with van der Waals surface area (Å²) in [6, 6.07) is 6.90. The molecule has 0 aliphatic rings. The van der Waals surface area contributed by atoms with Crippen LogP contribution in [0.3, 0.4) is 0 Å². The lowest BCUT2D eigenvalue weighted by atomic mass is 10.2. The summed E-state index contributed by atoms with van der Waals surface area (Å²) in [6.07, 6.45) is 2.81. The van der Waals surface area contributed by atoms with E-state index < -0.39 is 0 Å². The van der Waals surface area contributed by atoms with Crippen molar-refractivity contribution >= 4 is 21.4 Å². The van der Waals surface area contributed by atoms with Crippen LogP contribution in [0.25, 0.3) is 20.7 Å². The number of nitrogens with zero attached hydrogens (tertiary/aromatic N) is 1. The van der Waals surface area contributed by atoms with Crippen molar-refractivity contribution in [2.75, 3.05) is 6.54 Å². The van der Waals surface area contributed by atoms with Crippen LogP contribution in [-0.4, -0.2) is 11.5 Å². The average Bonchev–Trinajstić information content (AvgIpc) is 3.10. The number of hydrogen-bond acceptors (Lipinski definition) is 4. The van der Waals surface area contributed by atoms with Gasteiger partial charge in [-0.1, -0.05) is 13.0 Å². The summed E-state index contributed by atoms with van der Waals surface area (Å²) in [5, 5.41) is 4.36. The number of fused-ring (bicyclic) bond motifs is 1. The molecule has 0 aliphatic heterocycles. The Morgan fingerprint density at radius 3 is 3.05 bits per heavy atom. The van der Waals surface area contributed by atoms with Crippen LogP contribution in [0.15, 0.2) is 34.9 Å². The predicted molar refractivity (Wildman–Crippen MR) is 84.0 cm³/mol. The van der Waals surface area contributed by atoms with Gasteiger partial charge in [0.2, 0.25) is 5.89 Å². The highest BCUT2D eigenvalue weighted by molar-refractivity contribution is 7.22. The molecular formula is C16H17FN2OS. The van der Waals surface area contributed by atoms with Gasteiger partial charge in [0.05, 0.1) is 17.1 Å². The summed E-state index contributed by atoms with van der Waals surface area (Å²) in [6.45, 7) is 5.09. The Balaban J connectivity index is 1.87. The summed E-state index contributed by atoms with van der Waals surface area (Å²) in [7, 11) is 0. The molecule has 1 N–H and O–H groups in total. The molecule has 2 aromatic heterocycles. The maximum Gasteiger partial charge on any atom is 0.211 e. The number of halogens is 1. The molecule has 1 aromatic carbocycles. The van der Waals surface area contributed by atoms with Crippen molar-refractivity contribution in [3.05, 3.63) is 42.2 Å². The molecule has 1 atom stereocenters. The number of thiophene rings is 1. The lowest BCUT2D eigenvalue weighted by molar-refractivity contribution is 0.423. The van der Waals surface area contributed by atoms with Gasteiger partial charge >= 0.3 is 0 Å². The zero-order valence-corrected chi connectivity index (χ0v) is 12.8. The highest BCUT2D eigenvalue weighted by Gasteiger charge is 2.14. The Kier molecular flexibility index (Phi) is 4.03. The van der Waals surface area contributed by atoms with E-state index in [4.69, 9.17) is 4.42 Å². The van der Waals surface area contributed by atoms with Gasteiger partial charge in [-0.15, -0.1) is 11.3 Å². The van der Waals surface area contributed by atoms with Gasteiger partial charge < -0.3 is 9.73 Å². The first-order valence-electron chi connectivity index (χ1n) is 7.06. The van der Waals surface area contributed by atoms with Crippen molar-refractivity contribution in [1.29, 1.82) is 0 Å². The second kappa shape index (κ2) is 5.95. The van der Waals surface area contributed by atoms with Crippen LogP contribution in [0.4, 0.5) is 4.39 Å². The number of aromatic nitrogens is 1. The lowest BCUT2D eigenvalue weighted by Crippen LogP contribution is -2.19. The fourth-order valence-electron chi connectivity index (χ4n) is 2.18. The Morgan fingerprint density at radius 2 is 2.24 bits per heavy atom. The van der Waals surface area contributed by atoms with Crippen molar-refractivity contribution in [2.24, 2.45) is 0 Å². The zero-order valence-electron chi connectivity index (χ0n) is 12.0. The number of nitrogens with one attached hydrogen (secondary N) is 1. The van der Waals surface area contributed by atoms with Crippen molar-refractivity contribution in [1.82, 2.24) is 10.3 Å². The molecule has 0 saturated heterocycles. The molecule has 3 rings (SSSR count). The molecule has 0 bridgehead atoms. The lowest BCUT2D eigenvalue weighted by Gasteiger charge is -2.08. The standard InChI is InChI=1S/C16H17FN2OS/c1-3-6-18-10(2)16-19-9-13(20-16)15-7-11-4-5-12(17)8-14(11)21-15/h4-5,7-10,18H,3,6H2,1-2H3. The maximum atomic E-state index is 13.2. The monoisotopic (exact) mass is 304 g/mol. The third-order valence-corrected chi connectivity index (χ3v) is 4.43. The van der Waals surface area contributed by atoms with Crippen LogP contribution in [0, 0.1) is 5.82 Å². The number of hydrogen-bond donors (Lipinski definition) is 1. The quantitative estimate of drug-likeness (QED) is 0.738. The van der Waals surface area contributed by atoms with E-state index in [1.807, 2.05) is 13.0 Å². The van der Waals surface area contributed by atoms with E-state index >= 15 is 0 Å². The fourth-order valence-corrected chi connectivity index (χ4v) is 3.21. The van der Waals surface area contributed by atoms with Gasteiger partial charge in [0.1, 0.15) is 5.82 Å². The molecule has 110 valence electrons. The normalized spacial score (nSPS) is 12.9. The minimum Gasteiger partial charge on any atom is -0.438 e. The Labute approximate surface area is 126 Å². The minimum absolute atomic E-state index is 0.0884. The summed E-state index contributed by atoms with van der Waals surface area (Å²) < 4.78 is 20.0. The SMILES string of the molecule is CCCNC(C)c1ncc(-c2cc3ccc(F)cc3s2)o1. The van der Waals surface area contributed by atoms with Crippen molar-refractivity contribution in [3.8, 4) is 10.6 Å². The van der Waals surface area contributed by atoms with Crippen LogP contribution in [-0.2, 0) is 0 Å². The zero-order chi connectivity index (χ0) is 14.8. The molecule has 1 unspecified atom stereocenters. The molecule has 0 aliphatic carbocycles. The van der Waals surface area contributed by atoms with Gasteiger partial charge in [0.25, 0.3) is 0 Å². The van der Waals surface area contributed by atoms with Gasteiger partial charge in [0.15, 0.2) is 5.76 Å². The number of benzene rings is 1. The van der Waals surface area contributed by atoms with Gasteiger partial charge in [-0.3, -0.25) is 0 Å². The van der Waals surface area contributed by atoms with Crippen LogP contribution in [0.1, 0.15) is 32.2 Å². The summed E-state index contributed by atoms with van der Waals surface area (Å²) >= 11 is 1.51. The van der Waals surface area contributed by atoms with E-state index in [0.29, 0.717) is 5.89 Å². The van der Waals surface area contributed by atoms with E-state index in [1.54, 1.807) is 18.3 Å². The molecule has 0 amide bonds. The van der Waals surface area contributed by atoms with Crippen LogP contribution in [0.5, 0.6) is 0 Å². The molecular weight excluding hydrogens is 287 g/mol. The fraction of sp³-hybridized carbons (Fsp3) is 0.312. The van der Waals surface area contributed by atoms with Crippen LogP contribution in [0.2, 0.25) is 0 Å². The van der Waals surface area contributed by atoms with Gasteiger partial charge in [-0.25, -0.2) is 9.37 Å². The van der Waals surface area contributed by atoms with E-state index in [0.717, 1.165) is 33.7 Å². The van der Waals surface area contributed by atoms with Gasteiger partial charge in [-0.2, -0.15) is 0 Å². The van der Waals surface area contributed by atoms with Crippen LogP contribution >= 0.6 is 11.3 Å². The largest absolute Gasteiger partial charge is 0.438 e. The first kappa shape index (κ1) is 14.2. The molecule has 3 nitrogen and oxygen atoms in total. The average molecular weight is 304 g/mol. The first-order valence-corrected chi connectivity index (χ1v) is 7.87. The Hall–Kier alpha value is -1.72. The van der Waals surface area contributed by atoms with Crippen molar-refractivity contribution in [2.45, 2.75) is 26.3 Å². The van der Waals surface area contributed by atoms with E-state index in [-0.39, 0.29) is 11.9 Å². The number of oxazole rings is 1. The topological polar surface area (TPSA) is 38.1 Å². The summed E-state index contributed by atoms with van der Waals surface area (Å²) in [4.78, 5) is 5.31. The Bertz CT molecular complexity index is 750. The molecule has 3 aromatic rings.